The van der Waals surface area contributed by atoms with Crippen molar-refractivity contribution in [2.75, 3.05) is 19.8 Å². The van der Waals surface area contributed by atoms with Crippen LogP contribution in [0.2, 0.25) is 0 Å². The number of amides is 1. The van der Waals surface area contributed by atoms with Gasteiger partial charge in [0.25, 0.3) is 5.91 Å². The van der Waals surface area contributed by atoms with Crippen molar-refractivity contribution in [3.8, 4) is 16.9 Å². The van der Waals surface area contributed by atoms with Gasteiger partial charge in [-0.2, -0.15) is 0 Å². The molecule has 1 fully saturated rings. The Bertz CT molecular complexity index is 1050. The van der Waals surface area contributed by atoms with Crippen molar-refractivity contribution in [2.45, 2.75) is 62.9 Å². The smallest absolute Gasteiger partial charge is 0.328 e. The number of carbonyl (C=O) groups excluding carboxylic acids is 2. The average Bonchev–Trinajstić information content (AvgIpc) is 2.93. The highest BCUT2D eigenvalue weighted by atomic mass is 16.7. The number of nitrogens with one attached hydrogen (secondary N) is 1. The summed E-state index contributed by atoms with van der Waals surface area (Å²) in [5.41, 5.74) is 7.18. The summed E-state index contributed by atoms with van der Waals surface area (Å²) < 4.78 is 16.4. The fraction of sp³-hybridized carbons (Fsp3) is 0.481. The molecule has 11 heteroatoms. The minimum absolute atomic E-state index is 0.210. The summed E-state index contributed by atoms with van der Waals surface area (Å²) in [5, 5.41) is 42.5. The molecule has 0 radical (unpaired) electrons. The van der Waals surface area contributed by atoms with Gasteiger partial charge in [-0.05, 0) is 56.5 Å². The first-order chi connectivity index (χ1) is 18.3. The summed E-state index contributed by atoms with van der Waals surface area (Å²) in [5.74, 6) is -0.599. The van der Waals surface area contributed by atoms with Gasteiger partial charge in [0.05, 0.1) is 13.2 Å². The van der Waals surface area contributed by atoms with Gasteiger partial charge < -0.3 is 45.7 Å². The molecule has 1 saturated heterocycles. The van der Waals surface area contributed by atoms with Crippen LogP contribution in [-0.2, 0) is 14.3 Å². The second kappa shape index (κ2) is 14.2. The third-order valence-electron chi connectivity index (χ3n) is 6.26. The van der Waals surface area contributed by atoms with Crippen molar-refractivity contribution in [2.24, 2.45) is 5.73 Å². The Morgan fingerprint density at radius 2 is 1.74 bits per heavy atom. The van der Waals surface area contributed by atoms with Crippen LogP contribution in [0.25, 0.3) is 11.1 Å². The van der Waals surface area contributed by atoms with Gasteiger partial charge in [-0.3, -0.25) is 4.79 Å². The topological polar surface area (TPSA) is 181 Å². The number of aliphatic hydroxyl groups excluding tert-OH is 4. The lowest BCUT2D eigenvalue weighted by Crippen LogP contribution is -2.60. The molecule has 2 aromatic rings. The lowest BCUT2D eigenvalue weighted by molar-refractivity contribution is -0.277. The van der Waals surface area contributed by atoms with Crippen LogP contribution in [0.1, 0.15) is 36.5 Å². The molecule has 0 unspecified atom stereocenters. The summed E-state index contributed by atoms with van der Waals surface area (Å²) >= 11 is 0. The molecule has 2 aromatic carbocycles. The molecule has 1 heterocycles. The second-order valence-electron chi connectivity index (χ2n) is 8.95. The first kappa shape index (κ1) is 29.5. The van der Waals surface area contributed by atoms with E-state index in [1.807, 2.05) is 0 Å². The Morgan fingerprint density at radius 1 is 1.03 bits per heavy atom. The molecule has 11 nitrogen and oxygen atoms in total. The molecule has 0 spiro atoms. The molecule has 3 rings (SSSR count). The lowest BCUT2D eigenvalue weighted by atomic mass is 9.99. The monoisotopic (exact) mass is 532 g/mol. The maximum Gasteiger partial charge on any atom is 0.328 e. The number of para-hydroxylation sites is 1. The molecule has 0 bridgehead atoms. The van der Waals surface area contributed by atoms with Gasteiger partial charge in [-0.25, -0.2) is 4.79 Å². The predicted octanol–water partition coefficient (Wildman–Crippen LogP) is 0.323. The summed E-state index contributed by atoms with van der Waals surface area (Å²) in [6.45, 7) is 1.84. The third-order valence-corrected chi connectivity index (χ3v) is 6.26. The fourth-order valence-corrected chi connectivity index (χ4v) is 4.13. The number of ether oxygens (including phenoxy) is 3. The van der Waals surface area contributed by atoms with Crippen LogP contribution < -0.4 is 15.8 Å². The number of benzene rings is 2. The van der Waals surface area contributed by atoms with E-state index in [4.69, 9.17) is 19.9 Å². The molecule has 38 heavy (non-hydrogen) atoms. The number of hydrogen-bond donors (Lipinski definition) is 6. The molecule has 1 amide bonds. The fourth-order valence-electron chi connectivity index (χ4n) is 4.13. The van der Waals surface area contributed by atoms with E-state index in [9.17, 15) is 30.0 Å². The number of nitrogens with two attached hydrogens (primary N) is 1. The van der Waals surface area contributed by atoms with Crippen molar-refractivity contribution >= 4 is 11.9 Å². The van der Waals surface area contributed by atoms with Crippen LogP contribution in [0.3, 0.4) is 0 Å². The SMILES string of the molecule is CCOC(=O)[C@H](CCCCN)NC(=O)c1ccc(-c2ccccc2O[C@H]2O[C@H](CO)[C@@H](O)[C@H](O)[C@@H]2O)cc1. The molecule has 7 N–H and O–H groups in total. The summed E-state index contributed by atoms with van der Waals surface area (Å²) in [4.78, 5) is 25.1. The Balaban J connectivity index is 1.74. The number of rotatable bonds is 12. The Kier molecular flexibility index (Phi) is 11.0. The van der Waals surface area contributed by atoms with Crippen molar-refractivity contribution in [1.82, 2.24) is 5.32 Å². The van der Waals surface area contributed by atoms with Crippen molar-refractivity contribution < 1.29 is 44.2 Å². The van der Waals surface area contributed by atoms with E-state index in [2.05, 4.69) is 5.32 Å². The van der Waals surface area contributed by atoms with Crippen LogP contribution in [0.5, 0.6) is 5.75 Å². The zero-order valence-electron chi connectivity index (χ0n) is 21.2. The standard InChI is InChI=1S/C27H36N2O9/c1-2-36-26(35)19(8-5-6-14-28)29-25(34)17-12-10-16(11-13-17)18-7-3-4-9-20(18)37-27-24(33)23(32)22(31)21(15-30)38-27/h3-4,7,9-13,19,21-24,27,30-33H,2,5-6,8,14-15,28H2,1H3,(H,29,34)/t19-,21+,22+,23-,24-,27-/m0/s1. The maximum absolute atomic E-state index is 12.8. The Labute approximate surface area is 221 Å². The highest BCUT2D eigenvalue weighted by Gasteiger charge is 2.44. The summed E-state index contributed by atoms with van der Waals surface area (Å²) in [7, 11) is 0. The van der Waals surface area contributed by atoms with E-state index in [-0.39, 0.29) is 6.61 Å². The number of hydrogen-bond acceptors (Lipinski definition) is 10. The van der Waals surface area contributed by atoms with Crippen molar-refractivity contribution in [3.05, 3.63) is 54.1 Å². The number of esters is 1. The highest BCUT2D eigenvalue weighted by Crippen LogP contribution is 2.33. The van der Waals surface area contributed by atoms with Crippen molar-refractivity contribution in [1.29, 1.82) is 0 Å². The van der Waals surface area contributed by atoms with Crippen LogP contribution >= 0.6 is 0 Å². The van der Waals surface area contributed by atoms with Crippen LogP contribution in [0.15, 0.2) is 48.5 Å². The molecular weight excluding hydrogens is 496 g/mol. The van der Waals surface area contributed by atoms with Gasteiger partial charge in [-0.15, -0.1) is 0 Å². The average molecular weight is 533 g/mol. The molecule has 0 aliphatic carbocycles. The first-order valence-corrected chi connectivity index (χ1v) is 12.6. The van der Waals surface area contributed by atoms with Crippen LogP contribution in [-0.4, -0.2) is 88.8 Å². The van der Waals surface area contributed by atoms with E-state index >= 15 is 0 Å². The van der Waals surface area contributed by atoms with Crippen LogP contribution in [0, 0.1) is 0 Å². The Hall–Kier alpha value is -3.06. The van der Waals surface area contributed by atoms with E-state index in [1.54, 1.807) is 55.5 Å². The molecule has 6 atom stereocenters. The second-order valence-corrected chi connectivity index (χ2v) is 8.95. The van der Waals surface area contributed by atoms with Gasteiger partial charge in [0.1, 0.15) is 36.2 Å². The maximum atomic E-state index is 12.8. The van der Waals surface area contributed by atoms with Crippen LogP contribution in [0.4, 0.5) is 0 Å². The number of carbonyl (C=O) groups is 2. The third kappa shape index (κ3) is 7.28. The molecule has 0 aromatic heterocycles. The highest BCUT2D eigenvalue weighted by molar-refractivity contribution is 5.97. The van der Waals surface area contributed by atoms with Crippen molar-refractivity contribution in [3.63, 3.8) is 0 Å². The zero-order chi connectivity index (χ0) is 27.7. The quantitative estimate of drug-likeness (QED) is 0.165. The largest absolute Gasteiger partial charge is 0.464 e. The normalized spacial score (nSPS) is 23.9. The summed E-state index contributed by atoms with van der Waals surface area (Å²) in [6, 6.07) is 12.8. The Morgan fingerprint density at radius 3 is 2.39 bits per heavy atom. The van der Waals surface area contributed by atoms with E-state index in [0.717, 1.165) is 6.42 Å². The molecule has 208 valence electrons. The predicted molar refractivity (Wildman–Crippen MR) is 137 cm³/mol. The molecular formula is C27H36N2O9. The van der Waals surface area contributed by atoms with E-state index < -0.39 is 55.2 Å². The van der Waals surface area contributed by atoms with Gasteiger partial charge in [-0.1, -0.05) is 30.3 Å². The zero-order valence-corrected chi connectivity index (χ0v) is 21.2. The minimum Gasteiger partial charge on any atom is -0.464 e. The van der Waals surface area contributed by atoms with E-state index in [1.165, 1.54) is 0 Å². The first-order valence-electron chi connectivity index (χ1n) is 12.6. The van der Waals surface area contributed by atoms with Gasteiger partial charge in [0.15, 0.2) is 0 Å². The van der Waals surface area contributed by atoms with E-state index in [0.29, 0.717) is 41.8 Å². The molecule has 1 aliphatic heterocycles. The molecule has 0 saturated carbocycles. The van der Waals surface area contributed by atoms with Gasteiger partial charge >= 0.3 is 5.97 Å². The number of aliphatic hydroxyl groups is 4. The van der Waals surface area contributed by atoms with Gasteiger partial charge in [0.2, 0.25) is 6.29 Å². The van der Waals surface area contributed by atoms with Gasteiger partial charge in [0, 0.05) is 11.1 Å². The summed E-state index contributed by atoms with van der Waals surface area (Å²) in [6.07, 6.45) is -5.23. The minimum atomic E-state index is -1.57. The molecule has 1 aliphatic rings. The number of unbranched alkanes of at least 4 members (excludes halogenated alkanes) is 1. The lowest BCUT2D eigenvalue weighted by Gasteiger charge is -2.39.